The van der Waals surface area contributed by atoms with Crippen LogP contribution < -0.4 is 9.47 Å². The van der Waals surface area contributed by atoms with Crippen molar-refractivity contribution in [3.8, 4) is 11.5 Å². The van der Waals surface area contributed by atoms with Gasteiger partial charge in [0.1, 0.15) is 34.7 Å². The van der Waals surface area contributed by atoms with E-state index in [4.69, 9.17) is 28.8 Å². The van der Waals surface area contributed by atoms with E-state index in [0.717, 1.165) is 24.2 Å². The Morgan fingerprint density at radius 1 is 1.07 bits per heavy atom. The molecular weight excluding hydrogens is 552 g/mol. The number of hydrogen-bond donors (Lipinski definition) is 1. The van der Waals surface area contributed by atoms with Crippen LogP contribution in [0.25, 0.3) is 6.08 Å². The number of hydrogen-bond acceptors (Lipinski definition) is 9. The minimum Gasteiger partial charge on any atom is -0.488 e. The SMILES string of the molecule is C=C(CO)C(=O)Oc1ccccc1.C=Cc1ccc(OC(C)(C)CC)cc1.CC(=C=O)C(=O)OC1C2CC3COC1C3O2. The summed E-state index contributed by atoms with van der Waals surface area (Å²) >= 11 is 0. The zero-order valence-electron chi connectivity index (χ0n) is 25.1. The number of carbonyl (C=O) groups is 2. The highest BCUT2D eigenvalue weighted by molar-refractivity contribution is 5.96. The fourth-order valence-electron chi connectivity index (χ4n) is 4.54. The quantitative estimate of drug-likeness (QED) is 0.188. The lowest BCUT2D eigenvalue weighted by Gasteiger charge is -2.24. The van der Waals surface area contributed by atoms with E-state index in [1.807, 2.05) is 36.4 Å². The van der Waals surface area contributed by atoms with Gasteiger partial charge in [-0.2, -0.15) is 0 Å². The van der Waals surface area contributed by atoms with E-state index >= 15 is 0 Å². The second kappa shape index (κ2) is 15.5. The van der Waals surface area contributed by atoms with Gasteiger partial charge in [-0.25, -0.2) is 14.4 Å². The van der Waals surface area contributed by atoms with E-state index in [-0.39, 0.29) is 47.8 Å². The Morgan fingerprint density at radius 3 is 2.33 bits per heavy atom. The second-order valence-electron chi connectivity index (χ2n) is 11.0. The molecule has 0 aromatic heterocycles. The first-order valence-electron chi connectivity index (χ1n) is 14.2. The van der Waals surface area contributed by atoms with Gasteiger partial charge in [0.05, 0.1) is 31.0 Å². The van der Waals surface area contributed by atoms with Crippen LogP contribution in [0.2, 0.25) is 0 Å². The fourth-order valence-corrected chi connectivity index (χ4v) is 4.54. The van der Waals surface area contributed by atoms with Crippen LogP contribution >= 0.6 is 0 Å². The predicted octanol–water partition coefficient (Wildman–Crippen LogP) is 4.90. The van der Waals surface area contributed by atoms with Crippen LogP contribution in [-0.4, -0.2) is 66.2 Å². The normalized spacial score (nSPS) is 22.5. The number of carbonyl (C=O) groups excluding carboxylic acids is 3. The van der Waals surface area contributed by atoms with Gasteiger partial charge in [0, 0.05) is 5.92 Å². The van der Waals surface area contributed by atoms with E-state index < -0.39 is 11.9 Å². The number of benzene rings is 2. The lowest BCUT2D eigenvalue weighted by Crippen LogP contribution is -2.40. The molecule has 2 bridgehead atoms. The van der Waals surface area contributed by atoms with Crippen molar-refractivity contribution in [3.63, 3.8) is 0 Å². The van der Waals surface area contributed by atoms with Gasteiger partial charge in [-0.3, -0.25) is 0 Å². The van der Waals surface area contributed by atoms with E-state index in [0.29, 0.717) is 18.3 Å². The van der Waals surface area contributed by atoms with Crippen molar-refractivity contribution < 1.29 is 43.2 Å². The Kier molecular flexibility index (Phi) is 12.0. The molecule has 0 spiro atoms. The van der Waals surface area contributed by atoms with Gasteiger partial charge < -0.3 is 28.8 Å². The Hall–Kier alpha value is -4.01. The molecule has 230 valence electrons. The summed E-state index contributed by atoms with van der Waals surface area (Å²) in [6.45, 7) is 15.1. The molecule has 2 aromatic rings. The molecule has 3 saturated heterocycles. The van der Waals surface area contributed by atoms with Crippen LogP contribution in [0, 0.1) is 5.92 Å². The monoisotopic (exact) mass is 592 g/mol. The molecule has 0 saturated carbocycles. The molecule has 0 radical (unpaired) electrons. The van der Waals surface area contributed by atoms with Crippen LogP contribution in [0.1, 0.15) is 46.1 Å². The second-order valence-corrected chi connectivity index (χ2v) is 11.0. The molecule has 3 heterocycles. The lowest BCUT2D eigenvalue weighted by atomic mass is 9.88. The molecule has 3 aliphatic heterocycles. The lowest BCUT2D eigenvalue weighted by molar-refractivity contribution is -0.151. The van der Waals surface area contributed by atoms with Crippen molar-refractivity contribution in [1.82, 2.24) is 0 Å². The first-order valence-corrected chi connectivity index (χ1v) is 14.2. The third kappa shape index (κ3) is 9.24. The van der Waals surface area contributed by atoms with Crippen LogP contribution in [0.3, 0.4) is 0 Å². The molecule has 9 heteroatoms. The third-order valence-electron chi connectivity index (χ3n) is 7.35. The maximum absolute atomic E-state index is 11.4. The largest absolute Gasteiger partial charge is 0.488 e. The number of aliphatic hydroxyl groups excluding tert-OH is 1. The van der Waals surface area contributed by atoms with Crippen molar-refractivity contribution in [2.24, 2.45) is 5.92 Å². The smallest absolute Gasteiger partial charge is 0.345 e. The highest BCUT2D eigenvalue weighted by Crippen LogP contribution is 2.46. The number of esters is 2. The average molecular weight is 593 g/mol. The predicted molar refractivity (Wildman–Crippen MR) is 161 cm³/mol. The van der Waals surface area contributed by atoms with E-state index in [1.165, 1.54) is 12.9 Å². The molecule has 3 fully saturated rings. The maximum atomic E-state index is 11.4. The summed E-state index contributed by atoms with van der Waals surface area (Å²) in [5, 5.41) is 8.58. The van der Waals surface area contributed by atoms with Gasteiger partial charge in [-0.05, 0) is 63.4 Å². The summed E-state index contributed by atoms with van der Waals surface area (Å²) in [6, 6.07) is 16.6. The summed E-state index contributed by atoms with van der Waals surface area (Å²) in [7, 11) is 0. The number of rotatable bonds is 9. The minimum atomic E-state index is -0.622. The molecular formula is C34H40O9. The van der Waals surface area contributed by atoms with E-state index in [9.17, 15) is 14.4 Å². The molecule has 43 heavy (non-hydrogen) atoms. The highest BCUT2D eigenvalue weighted by atomic mass is 16.6. The zero-order chi connectivity index (χ0) is 31.6. The molecule has 5 rings (SSSR count). The average Bonchev–Trinajstić information content (AvgIpc) is 3.67. The van der Waals surface area contributed by atoms with Gasteiger partial charge in [-0.15, -0.1) is 0 Å². The molecule has 3 aliphatic rings. The van der Waals surface area contributed by atoms with Crippen molar-refractivity contribution in [1.29, 1.82) is 0 Å². The van der Waals surface area contributed by atoms with E-state index in [2.05, 4.69) is 33.9 Å². The molecule has 5 atom stereocenters. The summed E-state index contributed by atoms with van der Waals surface area (Å²) in [5.41, 5.74) is 1.03. The molecule has 1 N–H and O–H groups in total. The number of fused-ring (bicyclic) bond motifs is 1. The molecule has 5 unspecified atom stereocenters. The van der Waals surface area contributed by atoms with E-state index in [1.54, 1.807) is 24.3 Å². The van der Waals surface area contributed by atoms with Gasteiger partial charge in [-0.1, -0.05) is 56.5 Å². The molecule has 2 aromatic carbocycles. The first kappa shape index (κ1) is 33.5. The van der Waals surface area contributed by atoms with Crippen LogP contribution in [0.4, 0.5) is 0 Å². The fraction of sp³-hybridized carbons (Fsp3) is 0.412. The van der Waals surface area contributed by atoms with Gasteiger partial charge in [0.15, 0.2) is 6.10 Å². The van der Waals surface area contributed by atoms with Gasteiger partial charge in [0.25, 0.3) is 0 Å². The minimum absolute atomic E-state index is 0.0441. The Morgan fingerprint density at radius 2 is 1.74 bits per heavy atom. The van der Waals surface area contributed by atoms with Gasteiger partial charge >= 0.3 is 11.9 Å². The Labute approximate surface area is 252 Å². The summed E-state index contributed by atoms with van der Waals surface area (Å²) in [4.78, 5) is 32.8. The Bertz CT molecular complexity index is 1310. The first-order chi connectivity index (χ1) is 20.5. The molecule has 0 amide bonds. The van der Waals surface area contributed by atoms with Crippen molar-refractivity contribution in [2.45, 2.75) is 70.6 Å². The van der Waals surface area contributed by atoms with Crippen LogP contribution in [-0.2, 0) is 28.6 Å². The van der Waals surface area contributed by atoms with Crippen molar-refractivity contribution in [2.75, 3.05) is 13.2 Å². The van der Waals surface area contributed by atoms with Crippen LogP contribution in [0.15, 0.2) is 78.9 Å². The highest BCUT2D eigenvalue weighted by Gasteiger charge is 2.60. The molecule has 0 aliphatic carbocycles. The molecule has 9 nitrogen and oxygen atoms in total. The Balaban J connectivity index is 0.000000178. The van der Waals surface area contributed by atoms with Crippen molar-refractivity contribution in [3.05, 3.63) is 84.5 Å². The third-order valence-corrected chi connectivity index (χ3v) is 7.35. The topological polar surface area (TPSA) is 118 Å². The van der Waals surface area contributed by atoms with Gasteiger partial charge in [0.2, 0.25) is 0 Å². The number of ether oxygens (including phenoxy) is 5. The summed E-state index contributed by atoms with van der Waals surface area (Å²) in [6.07, 6.45) is 3.20. The standard InChI is InChI=1S/C13H18O.C11H12O5.C10H10O3/c1-5-11-7-9-12(10-8-11)14-13(3,4)6-2;1-5(3-12)11(13)16-9-7-2-6-4-14-10(9)8(6)15-7;1-8(7-11)10(12)13-9-5-3-2-4-6-9/h5,7-10H,1,6H2,2-4H3;6-10H,2,4H2,1H3;2-6,11H,1,7H2. The summed E-state index contributed by atoms with van der Waals surface area (Å²) < 4.78 is 27.1. The summed E-state index contributed by atoms with van der Waals surface area (Å²) in [5.74, 6) is 2.13. The van der Waals surface area contributed by atoms with Crippen LogP contribution in [0.5, 0.6) is 11.5 Å². The number of aliphatic hydroxyl groups is 1. The number of para-hydroxylation sites is 1. The zero-order valence-corrected chi connectivity index (χ0v) is 25.1. The maximum Gasteiger partial charge on any atom is 0.345 e. The van der Waals surface area contributed by atoms with Crippen molar-refractivity contribution >= 4 is 24.0 Å².